The first-order valence-corrected chi connectivity index (χ1v) is 12.7. The van der Waals surface area contributed by atoms with Crippen LogP contribution in [-0.2, 0) is 4.79 Å². The Morgan fingerprint density at radius 3 is 2.38 bits per heavy atom. The Labute approximate surface area is 227 Å². The minimum atomic E-state index is -1.05. The lowest BCUT2D eigenvalue weighted by Crippen LogP contribution is -2.26. The monoisotopic (exact) mass is 519 g/mol. The number of hydrogen-bond acceptors (Lipinski definition) is 5. The van der Waals surface area contributed by atoms with Gasteiger partial charge in [0.05, 0.1) is 16.9 Å². The number of amides is 1. The number of aryl methyl sites for hydroxylation is 2. The van der Waals surface area contributed by atoms with Gasteiger partial charge in [0.1, 0.15) is 5.75 Å². The van der Waals surface area contributed by atoms with Crippen LogP contribution in [0.3, 0.4) is 0 Å². The second-order valence-electron chi connectivity index (χ2n) is 9.97. The first kappa shape index (κ1) is 25.7. The molecule has 0 radical (unpaired) electrons. The molecule has 39 heavy (non-hydrogen) atoms. The smallest absolute Gasteiger partial charge is 0.335 e. The van der Waals surface area contributed by atoms with Crippen molar-refractivity contribution < 1.29 is 19.8 Å². The molecule has 0 spiro atoms. The number of anilines is 3. The van der Waals surface area contributed by atoms with Gasteiger partial charge in [0.15, 0.2) is 5.71 Å². The number of phenolic OH excluding ortho intramolecular Hbond substituents is 1. The van der Waals surface area contributed by atoms with E-state index >= 15 is 0 Å². The summed E-state index contributed by atoms with van der Waals surface area (Å²) >= 11 is 0. The third-order valence-electron chi connectivity index (χ3n) is 7.07. The summed E-state index contributed by atoms with van der Waals surface area (Å²) in [4.78, 5) is 27.0. The number of carbonyl (C=O) groups is 2. The molecule has 0 unspecified atom stereocenters. The molecule has 1 heterocycles. The van der Waals surface area contributed by atoms with Gasteiger partial charge in [-0.3, -0.25) is 15.1 Å². The Hall–Kier alpha value is -4.91. The highest BCUT2D eigenvalue weighted by Gasteiger charge is 2.37. The van der Waals surface area contributed by atoms with Crippen LogP contribution in [0.2, 0.25) is 0 Å². The fourth-order valence-corrected chi connectivity index (χ4v) is 4.83. The highest BCUT2D eigenvalue weighted by Crippen LogP contribution is 2.41. The lowest BCUT2D eigenvalue weighted by molar-refractivity contribution is -0.111. The van der Waals surface area contributed by atoms with Gasteiger partial charge in [-0.15, -0.1) is 0 Å². The van der Waals surface area contributed by atoms with Crippen molar-refractivity contribution in [3.8, 4) is 16.9 Å². The zero-order valence-electron chi connectivity index (χ0n) is 22.2. The third-order valence-corrected chi connectivity index (χ3v) is 7.07. The number of nitrogens with zero attached hydrogens (tertiary/aromatic N) is 2. The van der Waals surface area contributed by atoms with Crippen LogP contribution < -0.4 is 10.3 Å². The van der Waals surface area contributed by atoms with Crippen molar-refractivity contribution in [2.24, 2.45) is 5.10 Å². The average Bonchev–Trinajstić information content (AvgIpc) is 3.20. The molecule has 7 heteroatoms. The second kappa shape index (κ2) is 10.1. The Kier molecular flexibility index (Phi) is 6.66. The normalized spacial score (nSPS) is 13.7. The van der Waals surface area contributed by atoms with E-state index in [0.29, 0.717) is 16.8 Å². The van der Waals surface area contributed by atoms with E-state index in [1.807, 2.05) is 50.2 Å². The molecule has 3 N–H and O–H groups in total. The van der Waals surface area contributed by atoms with E-state index in [-0.39, 0.29) is 28.8 Å². The van der Waals surface area contributed by atoms with Crippen molar-refractivity contribution in [1.82, 2.24) is 0 Å². The molecule has 5 rings (SSSR count). The van der Waals surface area contributed by atoms with Crippen molar-refractivity contribution in [2.75, 3.05) is 10.3 Å². The van der Waals surface area contributed by atoms with Crippen LogP contribution in [0.5, 0.6) is 5.75 Å². The van der Waals surface area contributed by atoms with Gasteiger partial charge in [0.25, 0.3) is 5.91 Å². The van der Waals surface area contributed by atoms with Crippen molar-refractivity contribution >= 4 is 34.7 Å². The zero-order chi connectivity index (χ0) is 27.8. The number of rotatable bonds is 6. The molecule has 0 fully saturated rings. The maximum absolute atomic E-state index is 13.9. The van der Waals surface area contributed by atoms with Crippen LogP contribution in [0.25, 0.3) is 11.1 Å². The van der Waals surface area contributed by atoms with Crippen LogP contribution in [0.15, 0.2) is 84.0 Å². The van der Waals surface area contributed by atoms with E-state index in [0.717, 1.165) is 33.6 Å². The van der Waals surface area contributed by atoms with Crippen LogP contribution in [0, 0.1) is 13.8 Å². The topological polar surface area (TPSA) is 102 Å². The lowest BCUT2D eigenvalue weighted by atomic mass is 9.94. The summed E-state index contributed by atoms with van der Waals surface area (Å²) in [5.41, 5.74) is 10.1. The molecule has 0 saturated heterocycles. The number of hydrazone groups is 1. The largest absolute Gasteiger partial charge is 0.505 e. The number of benzene rings is 4. The van der Waals surface area contributed by atoms with E-state index in [1.165, 1.54) is 12.1 Å². The molecular weight excluding hydrogens is 490 g/mol. The number of carboxylic acid groups (broad SMARTS) is 1. The first-order valence-electron chi connectivity index (χ1n) is 12.7. The summed E-state index contributed by atoms with van der Waals surface area (Å²) in [5, 5.41) is 25.0. The molecule has 0 atom stereocenters. The number of aromatic carboxylic acids is 1. The maximum atomic E-state index is 13.9. The van der Waals surface area contributed by atoms with Gasteiger partial charge < -0.3 is 10.2 Å². The van der Waals surface area contributed by atoms with E-state index in [1.54, 1.807) is 35.2 Å². The molecule has 0 aliphatic carbocycles. The number of fused-ring (bicyclic) bond motifs is 1. The molecule has 4 aromatic rings. The summed E-state index contributed by atoms with van der Waals surface area (Å²) in [6, 6.07) is 23.2. The van der Waals surface area contributed by atoms with E-state index in [4.69, 9.17) is 0 Å². The Morgan fingerprint density at radius 1 is 0.923 bits per heavy atom. The van der Waals surface area contributed by atoms with E-state index in [9.17, 15) is 19.8 Å². The molecule has 4 aromatic carbocycles. The fraction of sp³-hybridized carbons (Fsp3) is 0.156. The van der Waals surface area contributed by atoms with Crippen molar-refractivity contribution in [3.63, 3.8) is 0 Å². The molecule has 0 saturated carbocycles. The van der Waals surface area contributed by atoms with Gasteiger partial charge in [-0.05, 0) is 78.4 Å². The standard InChI is InChI=1S/C32H29N3O4/c1-18(2)24-10-7-13-27-28(24)29(31(37)35(27)23-15-14-19(3)20(4)16-23)34-33-26-12-6-11-25(30(26)36)21-8-5-9-22(17-21)32(38)39/h5-18,33,36H,1-4H3,(H,38,39)/b34-29-. The van der Waals surface area contributed by atoms with Gasteiger partial charge in [-0.25, -0.2) is 4.79 Å². The van der Waals surface area contributed by atoms with Crippen LogP contribution in [0.4, 0.5) is 17.1 Å². The van der Waals surface area contributed by atoms with Crippen LogP contribution in [-0.4, -0.2) is 27.8 Å². The number of carbonyl (C=O) groups excluding carboxylic acids is 1. The first-order chi connectivity index (χ1) is 18.7. The van der Waals surface area contributed by atoms with Crippen LogP contribution in [0.1, 0.15) is 52.4 Å². The quantitative estimate of drug-likeness (QED) is 0.188. The average molecular weight is 520 g/mol. The summed E-state index contributed by atoms with van der Waals surface area (Å²) in [5.74, 6) is -1.27. The molecule has 196 valence electrons. The van der Waals surface area contributed by atoms with Gasteiger partial charge >= 0.3 is 5.97 Å². The summed E-state index contributed by atoms with van der Waals surface area (Å²) in [6.07, 6.45) is 0. The highest BCUT2D eigenvalue weighted by molar-refractivity contribution is 6.56. The Morgan fingerprint density at radius 2 is 1.67 bits per heavy atom. The Bertz CT molecular complexity index is 1660. The minimum Gasteiger partial charge on any atom is -0.505 e. The van der Waals surface area contributed by atoms with E-state index in [2.05, 4.69) is 24.4 Å². The van der Waals surface area contributed by atoms with Crippen molar-refractivity contribution in [1.29, 1.82) is 0 Å². The molecule has 7 nitrogen and oxygen atoms in total. The number of para-hydroxylation sites is 1. The summed E-state index contributed by atoms with van der Waals surface area (Å²) in [7, 11) is 0. The Balaban J connectivity index is 1.58. The number of carboxylic acids is 1. The van der Waals surface area contributed by atoms with Crippen molar-refractivity contribution in [2.45, 2.75) is 33.6 Å². The molecule has 0 bridgehead atoms. The maximum Gasteiger partial charge on any atom is 0.335 e. The second-order valence-corrected chi connectivity index (χ2v) is 9.97. The highest BCUT2D eigenvalue weighted by atomic mass is 16.4. The number of aromatic hydroxyl groups is 1. The molecule has 0 aromatic heterocycles. The zero-order valence-corrected chi connectivity index (χ0v) is 22.2. The number of hydrogen-bond donors (Lipinski definition) is 3. The van der Waals surface area contributed by atoms with Crippen LogP contribution >= 0.6 is 0 Å². The van der Waals surface area contributed by atoms with Gasteiger partial charge in [-0.2, -0.15) is 5.10 Å². The van der Waals surface area contributed by atoms with Gasteiger partial charge in [0, 0.05) is 16.8 Å². The number of nitrogens with one attached hydrogen (secondary N) is 1. The number of phenols is 1. The minimum absolute atomic E-state index is 0.0989. The molecule has 1 aliphatic heterocycles. The predicted octanol–water partition coefficient (Wildman–Crippen LogP) is 6.99. The van der Waals surface area contributed by atoms with Gasteiger partial charge in [0.2, 0.25) is 0 Å². The third kappa shape index (κ3) is 4.63. The summed E-state index contributed by atoms with van der Waals surface area (Å²) < 4.78 is 0. The van der Waals surface area contributed by atoms with Crippen molar-refractivity contribution in [3.05, 3.63) is 107 Å². The van der Waals surface area contributed by atoms with Gasteiger partial charge in [-0.1, -0.05) is 56.3 Å². The SMILES string of the molecule is Cc1ccc(N2C(=O)/C(=N\Nc3cccc(-c4cccc(C(=O)O)c4)c3O)c3c(C(C)C)cccc32)cc1C. The fourth-order valence-electron chi connectivity index (χ4n) is 4.83. The summed E-state index contributed by atoms with van der Waals surface area (Å²) in [6.45, 7) is 8.20. The molecule has 1 amide bonds. The lowest BCUT2D eigenvalue weighted by Gasteiger charge is -2.19. The molecule has 1 aliphatic rings. The molecular formula is C32H29N3O4. The van der Waals surface area contributed by atoms with E-state index < -0.39 is 5.97 Å². The predicted molar refractivity (Wildman–Crippen MR) is 154 cm³/mol.